The van der Waals surface area contributed by atoms with Crippen LogP contribution < -0.4 is 16.0 Å². The number of aromatic nitrogens is 2. The van der Waals surface area contributed by atoms with Crippen LogP contribution >= 0.6 is 0 Å². The topological polar surface area (TPSA) is 92.7 Å². The Labute approximate surface area is 121 Å². The summed E-state index contributed by atoms with van der Waals surface area (Å²) < 4.78 is 1.88. The van der Waals surface area contributed by atoms with Gasteiger partial charge in [0, 0.05) is 12.7 Å². The summed E-state index contributed by atoms with van der Waals surface area (Å²) in [5.74, 6) is -0.0879. The summed E-state index contributed by atoms with van der Waals surface area (Å²) >= 11 is 0. The van der Waals surface area contributed by atoms with Crippen molar-refractivity contribution in [2.24, 2.45) is 5.73 Å². The highest BCUT2D eigenvalue weighted by Gasteiger charge is 2.42. The van der Waals surface area contributed by atoms with Crippen LogP contribution in [0.5, 0.6) is 0 Å². The van der Waals surface area contributed by atoms with E-state index in [0.717, 1.165) is 11.3 Å². The molecule has 2 aromatic rings. The van der Waals surface area contributed by atoms with Crippen molar-refractivity contribution in [2.75, 3.05) is 11.4 Å². The van der Waals surface area contributed by atoms with Gasteiger partial charge in [0.25, 0.3) is 5.91 Å². The zero-order valence-corrected chi connectivity index (χ0v) is 12.0. The third-order valence-corrected chi connectivity index (χ3v) is 3.84. The average molecular weight is 287 g/mol. The SMILES string of the molecule is CC1(C)C(=O)NC(=O)CN1c1nc2ccccn2c1CN. The number of imidazole rings is 1. The smallest absolute Gasteiger partial charge is 0.251 e. The number of hydrogen-bond acceptors (Lipinski definition) is 5. The highest BCUT2D eigenvalue weighted by atomic mass is 16.2. The number of pyridine rings is 1. The molecule has 0 bridgehead atoms. The Morgan fingerprint density at radius 2 is 2.14 bits per heavy atom. The van der Waals surface area contributed by atoms with Crippen molar-refractivity contribution < 1.29 is 9.59 Å². The lowest BCUT2D eigenvalue weighted by atomic mass is 9.98. The normalized spacial score (nSPS) is 18.1. The lowest BCUT2D eigenvalue weighted by Gasteiger charge is -2.40. The third kappa shape index (κ3) is 1.97. The molecule has 3 heterocycles. The molecular formula is C14H17N5O2. The number of piperazine rings is 1. The van der Waals surface area contributed by atoms with Gasteiger partial charge in [0.2, 0.25) is 5.91 Å². The summed E-state index contributed by atoms with van der Waals surface area (Å²) in [6.45, 7) is 3.87. The Morgan fingerprint density at radius 3 is 2.86 bits per heavy atom. The largest absolute Gasteiger partial charge is 0.332 e. The van der Waals surface area contributed by atoms with Gasteiger partial charge in [-0.3, -0.25) is 14.9 Å². The third-order valence-electron chi connectivity index (χ3n) is 3.84. The first-order valence-corrected chi connectivity index (χ1v) is 6.73. The maximum atomic E-state index is 12.1. The van der Waals surface area contributed by atoms with Crippen LogP contribution in [-0.2, 0) is 16.1 Å². The first kappa shape index (κ1) is 13.6. The van der Waals surface area contributed by atoms with Gasteiger partial charge in [-0.25, -0.2) is 4.98 Å². The molecule has 1 aliphatic heterocycles. The van der Waals surface area contributed by atoms with Crippen molar-refractivity contribution >= 4 is 23.3 Å². The van der Waals surface area contributed by atoms with E-state index in [1.807, 2.05) is 28.8 Å². The molecule has 7 nitrogen and oxygen atoms in total. The zero-order chi connectivity index (χ0) is 15.2. The Balaban J connectivity index is 2.18. The molecule has 1 fully saturated rings. The van der Waals surface area contributed by atoms with E-state index < -0.39 is 5.54 Å². The molecule has 0 saturated carbocycles. The number of nitrogens with two attached hydrogens (primary N) is 1. The van der Waals surface area contributed by atoms with Gasteiger partial charge in [0.05, 0.1) is 12.2 Å². The summed E-state index contributed by atoms with van der Waals surface area (Å²) in [6.07, 6.45) is 1.87. The minimum Gasteiger partial charge on any atom is -0.332 e. The summed E-state index contributed by atoms with van der Waals surface area (Å²) in [6, 6.07) is 5.63. The summed E-state index contributed by atoms with van der Waals surface area (Å²) in [7, 11) is 0. The summed E-state index contributed by atoms with van der Waals surface area (Å²) in [5, 5.41) is 2.36. The van der Waals surface area contributed by atoms with Crippen LogP contribution in [-0.4, -0.2) is 33.3 Å². The van der Waals surface area contributed by atoms with Crippen molar-refractivity contribution in [1.29, 1.82) is 0 Å². The number of rotatable bonds is 2. The van der Waals surface area contributed by atoms with Crippen molar-refractivity contribution in [1.82, 2.24) is 14.7 Å². The number of carbonyl (C=O) groups excluding carboxylic acids is 2. The fourth-order valence-electron chi connectivity index (χ4n) is 2.56. The Hall–Kier alpha value is -2.41. The van der Waals surface area contributed by atoms with Gasteiger partial charge < -0.3 is 15.0 Å². The predicted octanol–water partition coefficient (Wildman–Crippen LogP) is 0.0344. The van der Waals surface area contributed by atoms with E-state index in [0.29, 0.717) is 5.82 Å². The number of anilines is 1. The molecule has 1 saturated heterocycles. The van der Waals surface area contributed by atoms with Gasteiger partial charge in [-0.15, -0.1) is 0 Å². The number of nitrogens with zero attached hydrogens (tertiary/aromatic N) is 3. The van der Waals surface area contributed by atoms with Gasteiger partial charge in [0.15, 0.2) is 5.82 Å². The maximum absolute atomic E-state index is 12.1. The molecule has 0 unspecified atom stereocenters. The molecule has 1 aliphatic rings. The van der Waals surface area contributed by atoms with Crippen LogP contribution in [0.4, 0.5) is 5.82 Å². The van der Waals surface area contributed by atoms with Gasteiger partial charge in [-0.2, -0.15) is 0 Å². The molecule has 21 heavy (non-hydrogen) atoms. The minimum atomic E-state index is -0.865. The fourth-order valence-corrected chi connectivity index (χ4v) is 2.56. The van der Waals surface area contributed by atoms with Crippen LogP contribution in [0.25, 0.3) is 5.65 Å². The average Bonchev–Trinajstić information content (AvgIpc) is 2.81. The minimum absolute atomic E-state index is 0.0790. The fraction of sp³-hybridized carbons (Fsp3) is 0.357. The number of carbonyl (C=O) groups is 2. The second kappa shape index (κ2) is 4.56. The summed E-state index contributed by atoms with van der Waals surface area (Å²) in [4.78, 5) is 30.1. The molecule has 2 aromatic heterocycles. The molecule has 7 heteroatoms. The lowest BCUT2D eigenvalue weighted by Crippen LogP contribution is -2.64. The van der Waals surface area contributed by atoms with Crippen LogP contribution in [0.15, 0.2) is 24.4 Å². The van der Waals surface area contributed by atoms with E-state index in [9.17, 15) is 9.59 Å². The van der Waals surface area contributed by atoms with Crippen LogP contribution in [0.3, 0.4) is 0 Å². The second-order valence-corrected chi connectivity index (χ2v) is 5.54. The van der Waals surface area contributed by atoms with E-state index >= 15 is 0 Å². The van der Waals surface area contributed by atoms with Gasteiger partial charge in [-0.1, -0.05) is 6.07 Å². The molecular weight excluding hydrogens is 270 g/mol. The first-order valence-electron chi connectivity index (χ1n) is 6.73. The molecule has 110 valence electrons. The molecule has 3 N–H and O–H groups in total. The van der Waals surface area contributed by atoms with Crippen LogP contribution in [0, 0.1) is 0 Å². The Bertz CT molecular complexity index is 734. The monoisotopic (exact) mass is 287 g/mol. The standard InChI is InChI=1S/C14H17N5O2/c1-14(2)13(21)17-11(20)8-19(14)12-9(7-15)18-6-4-3-5-10(18)16-12/h3-6H,7-8,15H2,1-2H3,(H,17,20,21). The van der Waals surface area contributed by atoms with Crippen LogP contribution in [0.1, 0.15) is 19.5 Å². The van der Waals surface area contributed by atoms with E-state index in [4.69, 9.17) is 5.73 Å². The number of nitrogens with one attached hydrogen (secondary N) is 1. The highest BCUT2D eigenvalue weighted by Crippen LogP contribution is 2.29. The molecule has 3 rings (SSSR count). The van der Waals surface area contributed by atoms with E-state index in [-0.39, 0.29) is 24.9 Å². The molecule has 0 aromatic carbocycles. The van der Waals surface area contributed by atoms with Crippen molar-refractivity contribution in [3.63, 3.8) is 0 Å². The van der Waals surface area contributed by atoms with E-state index in [1.165, 1.54) is 0 Å². The van der Waals surface area contributed by atoms with Crippen molar-refractivity contribution in [3.05, 3.63) is 30.1 Å². The Morgan fingerprint density at radius 1 is 1.38 bits per heavy atom. The number of amides is 2. The van der Waals surface area contributed by atoms with Crippen molar-refractivity contribution in [2.45, 2.75) is 25.9 Å². The van der Waals surface area contributed by atoms with E-state index in [2.05, 4.69) is 10.3 Å². The van der Waals surface area contributed by atoms with Crippen molar-refractivity contribution in [3.8, 4) is 0 Å². The number of hydrogen-bond donors (Lipinski definition) is 2. The molecule has 0 atom stereocenters. The number of fused-ring (bicyclic) bond motifs is 1. The zero-order valence-electron chi connectivity index (χ0n) is 12.0. The van der Waals surface area contributed by atoms with E-state index in [1.54, 1.807) is 18.7 Å². The quantitative estimate of drug-likeness (QED) is 0.760. The van der Waals surface area contributed by atoms with Gasteiger partial charge in [0.1, 0.15) is 11.2 Å². The molecule has 0 radical (unpaired) electrons. The first-order chi connectivity index (χ1) is 9.95. The van der Waals surface area contributed by atoms with Gasteiger partial charge in [-0.05, 0) is 26.0 Å². The molecule has 0 aliphatic carbocycles. The van der Waals surface area contributed by atoms with Crippen LogP contribution in [0.2, 0.25) is 0 Å². The summed E-state index contributed by atoms with van der Waals surface area (Å²) in [5.41, 5.74) is 6.50. The Kier molecular flexibility index (Phi) is 2.94. The maximum Gasteiger partial charge on any atom is 0.251 e. The lowest BCUT2D eigenvalue weighted by molar-refractivity contribution is -0.135. The second-order valence-electron chi connectivity index (χ2n) is 5.54. The highest BCUT2D eigenvalue weighted by molar-refractivity contribution is 6.06. The molecule has 2 amide bonds. The number of imide groups is 1. The van der Waals surface area contributed by atoms with Gasteiger partial charge >= 0.3 is 0 Å². The molecule has 0 spiro atoms. The predicted molar refractivity (Wildman–Crippen MR) is 77.7 cm³/mol.